The van der Waals surface area contributed by atoms with Gasteiger partial charge in [0.05, 0.1) is 0 Å². The minimum Gasteiger partial charge on any atom is -0.314 e. The van der Waals surface area contributed by atoms with Crippen molar-refractivity contribution in [3.63, 3.8) is 0 Å². The van der Waals surface area contributed by atoms with Gasteiger partial charge in [-0.05, 0) is 25.0 Å². The largest absolute Gasteiger partial charge is 0.314 e. The quantitative estimate of drug-likeness (QED) is 0.856. The highest BCUT2D eigenvalue weighted by molar-refractivity contribution is 7.99. The summed E-state index contributed by atoms with van der Waals surface area (Å²) in [4.78, 5) is 4.19. The lowest BCUT2D eigenvalue weighted by Gasteiger charge is -2.50. The van der Waals surface area contributed by atoms with E-state index in [1.807, 2.05) is 11.8 Å². The molecule has 3 rings (SSSR count). The Morgan fingerprint density at radius 2 is 1.90 bits per heavy atom. The van der Waals surface area contributed by atoms with Gasteiger partial charge in [-0.15, -0.1) is 11.8 Å². The number of hydrogen-bond acceptors (Lipinski definition) is 3. The van der Waals surface area contributed by atoms with E-state index < -0.39 is 0 Å². The van der Waals surface area contributed by atoms with Crippen molar-refractivity contribution >= 4 is 11.8 Å². The molecule has 1 aliphatic carbocycles. The van der Waals surface area contributed by atoms with Crippen molar-refractivity contribution in [2.45, 2.75) is 42.5 Å². The summed E-state index contributed by atoms with van der Waals surface area (Å²) < 4.78 is 0. The first kappa shape index (κ1) is 14.4. The Hall–Kier alpha value is -0.510. The molecule has 3 heteroatoms. The van der Waals surface area contributed by atoms with Crippen LogP contribution >= 0.6 is 11.8 Å². The average Bonchev–Trinajstić information content (AvgIpc) is 2.51. The zero-order valence-corrected chi connectivity index (χ0v) is 13.1. The molecule has 1 spiro atoms. The monoisotopic (exact) mass is 290 g/mol. The van der Waals surface area contributed by atoms with Crippen LogP contribution in [0.15, 0.2) is 35.2 Å². The summed E-state index contributed by atoms with van der Waals surface area (Å²) in [5, 5.41) is 3.63. The molecule has 0 atom stereocenters. The van der Waals surface area contributed by atoms with Crippen molar-refractivity contribution in [2.24, 2.45) is 0 Å². The Balaban J connectivity index is 1.54. The lowest BCUT2D eigenvalue weighted by molar-refractivity contribution is 0.0333. The minimum absolute atomic E-state index is 0.480. The van der Waals surface area contributed by atoms with Crippen LogP contribution in [0.1, 0.15) is 32.1 Å². The van der Waals surface area contributed by atoms with E-state index in [4.69, 9.17) is 0 Å². The third-order valence-electron chi connectivity index (χ3n) is 4.84. The highest BCUT2D eigenvalue weighted by atomic mass is 32.2. The third-order valence-corrected chi connectivity index (χ3v) is 5.83. The van der Waals surface area contributed by atoms with Crippen LogP contribution in [0.2, 0.25) is 0 Å². The van der Waals surface area contributed by atoms with Gasteiger partial charge in [0.2, 0.25) is 0 Å². The Bertz CT molecular complexity index is 392. The number of rotatable bonds is 4. The normalized spacial score (nSPS) is 23.0. The maximum absolute atomic E-state index is 3.63. The molecule has 1 saturated carbocycles. The molecule has 2 aliphatic rings. The standard InChI is InChI=1S/C17H26N2S/c1-3-7-16(8-4-1)20-14-13-19-12-11-18-15-17(19)9-5-2-6-10-17/h1,3-4,7-8,18H,2,5-6,9-15H2. The predicted molar refractivity (Wildman–Crippen MR) is 87.4 cm³/mol. The number of hydrogen-bond donors (Lipinski definition) is 1. The van der Waals surface area contributed by atoms with Crippen LogP contribution in [0, 0.1) is 0 Å². The van der Waals surface area contributed by atoms with Gasteiger partial charge in [0.15, 0.2) is 0 Å². The zero-order chi connectivity index (χ0) is 13.7. The molecule has 0 radical (unpaired) electrons. The molecule has 20 heavy (non-hydrogen) atoms. The molecule has 2 nitrogen and oxygen atoms in total. The number of nitrogens with zero attached hydrogens (tertiary/aromatic N) is 1. The molecule has 0 bridgehead atoms. The van der Waals surface area contributed by atoms with Gasteiger partial charge < -0.3 is 5.32 Å². The van der Waals surface area contributed by atoms with Gasteiger partial charge in [0.25, 0.3) is 0 Å². The van der Waals surface area contributed by atoms with E-state index in [1.165, 1.54) is 62.4 Å². The van der Waals surface area contributed by atoms with Crippen molar-refractivity contribution in [3.8, 4) is 0 Å². The van der Waals surface area contributed by atoms with Gasteiger partial charge in [0, 0.05) is 42.4 Å². The van der Waals surface area contributed by atoms with Gasteiger partial charge >= 0.3 is 0 Å². The Morgan fingerprint density at radius 1 is 1.10 bits per heavy atom. The number of nitrogens with one attached hydrogen (secondary N) is 1. The molecule has 2 fully saturated rings. The van der Waals surface area contributed by atoms with Crippen molar-refractivity contribution in [1.29, 1.82) is 0 Å². The van der Waals surface area contributed by atoms with Crippen molar-refractivity contribution < 1.29 is 0 Å². The fraction of sp³-hybridized carbons (Fsp3) is 0.647. The van der Waals surface area contributed by atoms with Crippen LogP contribution in [-0.2, 0) is 0 Å². The van der Waals surface area contributed by atoms with E-state index >= 15 is 0 Å². The highest BCUT2D eigenvalue weighted by Crippen LogP contribution is 2.34. The van der Waals surface area contributed by atoms with Gasteiger partial charge in [-0.25, -0.2) is 0 Å². The molecule has 0 aromatic heterocycles. The van der Waals surface area contributed by atoms with Gasteiger partial charge in [-0.2, -0.15) is 0 Å². The Labute approximate surface area is 127 Å². The molecule has 1 aliphatic heterocycles. The van der Waals surface area contributed by atoms with Crippen LogP contribution in [0.3, 0.4) is 0 Å². The number of piperazine rings is 1. The maximum atomic E-state index is 3.63. The zero-order valence-electron chi connectivity index (χ0n) is 12.3. The van der Waals surface area contributed by atoms with E-state index in [9.17, 15) is 0 Å². The highest BCUT2D eigenvalue weighted by Gasteiger charge is 2.39. The average molecular weight is 290 g/mol. The summed E-state index contributed by atoms with van der Waals surface area (Å²) in [6, 6.07) is 10.8. The van der Waals surface area contributed by atoms with E-state index in [-0.39, 0.29) is 0 Å². The first-order chi connectivity index (χ1) is 9.89. The second kappa shape index (κ2) is 6.97. The summed E-state index contributed by atoms with van der Waals surface area (Å²) in [7, 11) is 0. The SMILES string of the molecule is c1ccc(SCCN2CCNCC23CCCCC3)cc1. The Kier molecular flexibility index (Phi) is 5.03. The molecule has 1 saturated heterocycles. The molecule has 0 amide bonds. The summed E-state index contributed by atoms with van der Waals surface area (Å²) in [5.41, 5.74) is 0.480. The second-order valence-electron chi connectivity index (χ2n) is 6.11. The van der Waals surface area contributed by atoms with Crippen LogP contribution in [-0.4, -0.2) is 42.4 Å². The van der Waals surface area contributed by atoms with Crippen LogP contribution in [0.25, 0.3) is 0 Å². The second-order valence-corrected chi connectivity index (χ2v) is 7.28. The topological polar surface area (TPSA) is 15.3 Å². The van der Waals surface area contributed by atoms with Gasteiger partial charge in [0.1, 0.15) is 0 Å². The third kappa shape index (κ3) is 3.38. The molecule has 110 valence electrons. The number of thioether (sulfide) groups is 1. The molecule has 1 heterocycles. The van der Waals surface area contributed by atoms with Crippen molar-refractivity contribution in [3.05, 3.63) is 30.3 Å². The first-order valence-electron chi connectivity index (χ1n) is 8.03. The molecule has 0 unspecified atom stereocenters. The maximum Gasteiger partial charge on any atom is 0.0334 e. The van der Waals surface area contributed by atoms with Crippen LogP contribution in [0.4, 0.5) is 0 Å². The van der Waals surface area contributed by atoms with E-state index in [2.05, 4.69) is 40.5 Å². The van der Waals surface area contributed by atoms with Crippen LogP contribution < -0.4 is 5.32 Å². The summed E-state index contributed by atoms with van der Waals surface area (Å²) in [6.45, 7) is 4.84. The number of benzene rings is 1. The van der Waals surface area contributed by atoms with E-state index in [0.29, 0.717) is 5.54 Å². The predicted octanol–water partition coefficient (Wildman–Crippen LogP) is 3.39. The van der Waals surface area contributed by atoms with E-state index in [0.717, 1.165) is 6.54 Å². The Morgan fingerprint density at radius 3 is 2.70 bits per heavy atom. The molecule has 1 aromatic carbocycles. The van der Waals surface area contributed by atoms with E-state index in [1.54, 1.807) is 0 Å². The summed E-state index contributed by atoms with van der Waals surface area (Å²) >= 11 is 2.00. The van der Waals surface area contributed by atoms with Crippen LogP contribution in [0.5, 0.6) is 0 Å². The first-order valence-corrected chi connectivity index (χ1v) is 9.01. The lowest BCUT2D eigenvalue weighted by Crippen LogP contribution is -2.62. The molecular formula is C17H26N2S. The fourth-order valence-electron chi connectivity index (χ4n) is 3.73. The summed E-state index contributed by atoms with van der Waals surface area (Å²) in [5.74, 6) is 1.21. The fourth-order valence-corrected chi connectivity index (χ4v) is 4.62. The van der Waals surface area contributed by atoms with Gasteiger partial charge in [-0.1, -0.05) is 37.5 Å². The summed E-state index contributed by atoms with van der Waals surface area (Å²) in [6.07, 6.45) is 7.08. The molecule has 1 aromatic rings. The minimum atomic E-state index is 0.480. The van der Waals surface area contributed by atoms with Gasteiger partial charge in [-0.3, -0.25) is 4.90 Å². The lowest BCUT2D eigenvalue weighted by atomic mass is 9.79. The molecular weight excluding hydrogens is 264 g/mol. The molecule has 1 N–H and O–H groups in total. The smallest absolute Gasteiger partial charge is 0.0334 e. The van der Waals surface area contributed by atoms with Crippen molar-refractivity contribution in [1.82, 2.24) is 10.2 Å². The van der Waals surface area contributed by atoms with Crippen molar-refractivity contribution in [2.75, 3.05) is 31.9 Å².